The summed E-state index contributed by atoms with van der Waals surface area (Å²) in [6.45, 7) is 15.5. The second-order valence-electron chi connectivity index (χ2n) is 19.8. The molecule has 79 heavy (non-hydrogen) atoms. The number of carbonyl (C=O) groups is 5. The largest absolute Gasteiger partial charge is 0.497 e. The molecule has 430 valence electrons. The highest BCUT2D eigenvalue weighted by Crippen LogP contribution is 2.32. The first kappa shape index (κ1) is 66.7. The van der Waals surface area contributed by atoms with Crippen molar-refractivity contribution in [1.29, 1.82) is 0 Å². The molecule has 20 heteroatoms. The van der Waals surface area contributed by atoms with Gasteiger partial charge in [-0.05, 0) is 89.5 Å². The van der Waals surface area contributed by atoms with Crippen LogP contribution in [0.3, 0.4) is 0 Å². The van der Waals surface area contributed by atoms with Crippen molar-refractivity contribution in [3.05, 3.63) is 148 Å². The zero-order chi connectivity index (χ0) is 55.1. The van der Waals surface area contributed by atoms with Crippen LogP contribution in [-0.2, 0) is 51.5 Å². The molecule has 8 rings (SSSR count). The summed E-state index contributed by atoms with van der Waals surface area (Å²) in [4.78, 5) is 65.1. The average Bonchev–Trinajstić information content (AvgIpc) is 3.90. The molecule has 3 heterocycles. The molecule has 0 aliphatic carbocycles. The Morgan fingerprint density at radius 3 is 1.30 bits per heavy atom. The number of nitrogens with zero attached hydrogens (tertiary/aromatic N) is 2. The molecule has 5 aromatic carbocycles. The first-order chi connectivity index (χ1) is 36.5. The molecule has 0 fully saturated rings. The van der Waals surface area contributed by atoms with Crippen LogP contribution in [0.15, 0.2) is 103 Å². The summed E-state index contributed by atoms with van der Waals surface area (Å²) < 4.78 is 37.6. The lowest BCUT2D eigenvalue weighted by Gasteiger charge is -2.32. The average molecular weight is 1150 g/mol. The van der Waals surface area contributed by atoms with Crippen LogP contribution in [0.25, 0.3) is 0 Å². The molecular formula is C59H78N4O13S3. The van der Waals surface area contributed by atoms with E-state index in [4.69, 9.17) is 38.4 Å². The van der Waals surface area contributed by atoms with Crippen molar-refractivity contribution >= 4 is 70.1 Å². The first-order valence-electron chi connectivity index (χ1n) is 25.4. The third-order valence-electron chi connectivity index (χ3n) is 13.7. The van der Waals surface area contributed by atoms with E-state index in [0.717, 1.165) is 51.6 Å². The number of hydroxylamine groups is 1. The quantitative estimate of drug-likeness (QED) is 0.0609. The summed E-state index contributed by atoms with van der Waals surface area (Å²) in [6, 6.07) is 30.8. The Balaban J connectivity index is 0.000000314. The number of nitrogens with one attached hydrogen (secondary N) is 2. The van der Waals surface area contributed by atoms with E-state index in [0.29, 0.717) is 79.5 Å². The standard InChI is InChI=1S/C23H27NO5.C22H26N2O5.C14H19NO3.3H2S/c1-15(2)20-14-29-21-12-17(23(26)28-4)7-8-18(21)13-24(20)22(25)11-16-5-9-19(27-3)10-6-16;1-14(2)19-13-29-20-11-16(22(26)23-27)6-7-17(20)12-24(19)21(25)10-15-4-8-18(28-3)9-5-15;1-9(2)12-8-18-13-6-10(14(16)17-3)4-5-11(13)7-15-12;;;/h5-10,12,15,20H,11,13-14H2,1-4H3;4-9,11,14,19,27H,10,12-13H2,1-3H3,(H,23,26);4-6,9,12,15H,7-8H2,1-3H3;3*1H2/t20-;19-;12-;;;/m111.../s1. The highest BCUT2D eigenvalue weighted by atomic mass is 32.1. The van der Waals surface area contributed by atoms with Crippen LogP contribution in [0.4, 0.5) is 0 Å². The summed E-state index contributed by atoms with van der Waals surface area (Å²) in [5.41, 5.74) is 7.51. The fraction of sp³-hybridized carbons (Fsp3) is 0.407. The molecule has 5 aromatic rings. The minimum atomic E-state index is -0.603. The third kappa shape index (κ3) is 18.0. The van der Waals surface area contributed by atoms with Crippen molar-refractivity contribution in [2.45, 2.75) is 92.1 Å². The van der Waals surface area contributed by atoms with Crippen LogP contribution in [0, 0.1) is 17.8 Å². The van der Waals surface area contributed by atoms with E-state index in [9.17, 15) is 24.0 Å². The van der Waals surface area contributed by atoms with Crippen molar-refractivity contribution < 1.29 is 62.3 Å². The molecular weight excluding hydrogens is 1070 g/mol. The van der Waals surface area contributed by atoms with Crippen LogP contribution >= 0.6 is 40.5 Å². The van der Waals surface area contributed by atoms with Gasteiger partial charge in [-0.2, -0.15) is 40.5 Å². The molecule has 0 saturated carbocycles. The second-order valence-corrected chi connectivity index (χ2v) is 19.8. The Morgan fingerprint density at radius 2 is 0.924 bits per heavy atom. The lowest BCUT2D eigenvalue weighted by atomic mass is 10.0. The van der Waals surface area contributed by atoms with Gasteiger partial charge in [0.15, 0.2) is 0 Å². The van der Waals surface area contributed by atoms with Crippen molar-refractivity contribution in [2.75, 3.05) is 48.3 Å². The van der Waals surface area contributed by atoms with Crippen LogP contribution in [0.5, 0.6) is 28.7 Å². The van der Waals surface area contributed by atoms with E-state index < -0.39 is 11.9 Å². The predicted octanol–water partition coefficient (Wildman–Crippen LogP) is 8.59. The minimum absolute atomic E-state index is 0. The molecule has 0 unspecified atom stereocenters. The van der Waals surface area contributed by atoms with Crippen molar-refractivity contribution in [3.8, 4) is 28.7 Å². The maximum absolute atomic E-state index is 13.2. The Bertz CT molecular complexity index is 2650. The molecule has 3 atom stereocenters. The van der Waals surface area contributed by atoms with Gasteiger partial charge >= 0.3 is 11.9 Å². The summed E-state index contributed by atoms with van der Waals surface area (Å²) in [6.07, 6.45) is 0.594. The smallest absolute Gasteiger partial charge is 0.337 e. The van der Waals surface area contributed by atoms with Gasteiger partial charge in [0.25, 0.3) is 5.91 Å². The van der Waals surface area contributed by atoms with E-state index in [-0.39, 0.29) is 88.6 Å². The topological polar surface area (TPSA) is 201 Å². The van der Waals surface area contributed by atoms with Gasteiger partial charge in [-0.3, -0.25) is 19.6 Å². The monoisotopic (exact) mass is 1150 g/mol. The normalized spacial score (nSPS) is 15.9. The highest BCUT2D eigenvalue weighted by Gasteiger charge is 2.33. The van der Waals surface area contributed by atoms with Crippen molar-refractivity contribution in [3.63, 3.8) is 0 Å². The van der Waals surface area contributed by atoms with Gasteiger partial charge in [-0.15, -0.1) is 0 Å². The maximum atomic E-state index is 13.2. The summed E-state index contributed by atoms with van der Waals surface area (Å²) in [5, 5.41) is 12.3. The van der Waals surface area contributed by atoms with E-state index in [1.54, 1.807) is 62.2 Å². The second kappa shape index (κ2) is 31.9. The first-order valence-corrected chi connectivity index (χ1v) is 25.4. The van der Waals surface area contributed by atoms with Gasteiger partial charge in [0.1, 0.15) is 48.6 Å². The highest BCUT2D eigenvalue weighted by molar-refractivity contribution is 7.59. The predicted molar refractivity (Wildman–Crippen MR) is 316 cm³/mol. The van der Waals surface area contributed by atoms with Gasteiger partial charge in [0.05, 0.1) is 64.5 Å². The molecule has 3 aliphatic heterocycles. The molecule has 0 saturated heterocycles. The van der Waals surface area contributed by atoms with Crippen molar-refractivity contribution in [2.24, 2.45) is 17.8 Å². The lowest BCUT2D eigenvalue weighted by molar-refractivity contribution is -0.135. The molecule has 3 amide bonds. The molecule has 17 nitrogen and oxygen atoms in total. The van der Waals surface area contributed by atoms with Crippen LogP contribution < -0.4 is 34.5 Å². The zero-order valence-corrected chi connectivity index (χ0v) is 49.7. The van der Waals surface area contributed by atoms with Gasteiger partial charge in [-0.25, -0.2) is 15.1 Å². The maximum Gasteiger partial charge on any atom is 0.337 e. The lowest BCUT2D eigenvalue weighted by Crippen LogP contribution is -2.45. The minimum Gasteiger partial charge on any atom is -0.497 e. The number of amides is 3. The van der Waals surface area contributed by atoms with Gasteiger partial charge in [0.2, 0.25) is 11.8 Å². The molecule has 0 bridgehead atoms. The molecule has 0 aromatic heterocycles. The molecule has 3 aliphatic rings. The summed E-state index contributed by atoms with van der Waals surface area (Å²) >= 11 is 0. The van der Waals surface area contributed by atoms with Gasteiger partial charge in [-0.1, -0.05) is 84.0 Å². The van der Waals surface area contributed by atoms with Gasteiger partial charge in [0, 0.05) is 47.9 Å². The zero-order valence-electron chi connectivity index (χ0n) is 46.7. The molecule has 0 radical (unpaired) electrons. The van der Waals surface area contributed by atoms with E-state index >= 15 is 0 Å². The number of rotatable bonds is 12. The Hall–Kier alpha value is -6.58. The molecule has 0 spiro atoms. The number of fused-ring (bicyclic) bond motifs is 3. The van der Waals surface area contributed by atoms with Crippen LogP contribution in [0.2, 0.25) is 0 Å². The number of esters is 2. The fourth-order valence-corrected chi connectivity index (χ4v) is 8.90. The number of carbonyl (C=O) groups excluding carboxylic acids is 5. The van der Waals surface area contributed by atoms with E-state index in [2.05, 4.69) is 46.9 Å². The number of hydrogen-bond donors (Lipinski definition) is 3. The van der Waals surface area contributed by atoms with Crippen LogP contribution in [-0.4, -0.2) is 111 Å². The number of methoxy groups -OCH3 is 4. The number of ether oxygens (including phenoxy) is 7. The summed E-state index contributed by atoms with van der Waals surface area (Å²) in [7, 11) is 5.96. The van der Waals surface area contributed by atoms with Crippen molar-refractivity contribution in [1.82, 2.24) is 20.6 Å². The Morgan fingerprint density at radius 1 is 0.544 bits per heavy atom. The van der Waals surface area contributed by atoms with E-state index in [1.807, 2.05) is 70.5 Å². The Labute approximate surface area is 485 Å². The van der Waals surface area contributed by atoms with Gasteiger partial charge < -0.3 is 48.3 Å². The fourth-order valence-electron chi connectivity index (χ4n) is 8.90. The Kier molecular flexibility index (Phi) is 26.9. The number of hydrogen-bond acceptors (Lipinski definition) is 14. The number of benzene rings is 5. The summed E-state index contributed by atoms with van der Waals surface area (Å²) in [5.74, 6) is 3.11. The third-order valence-corrected chi connectivity index (χ3v) is 13.7. The SMILES string of the molecule is COC(=O)c1ccc2c(c1)OC[C@H](C(C)C)N(C(=O)Cc1ccc(OC)cc1)C2.COC(=O)c1ccc2c(c1)OC[C@H](C(C)C)NC2.COc1ccc(CC(=O)N2Cc3ccc(C(=O)NO)cc3OC[C@@H]2C(C)C)cc1.S.S.S. The van der Waals surface area contributed by atoms with Crippen LogP contribution in [0.1, 0.15) is 100 Å². The molecule has 3 N–H and O–H groups in total. The van der Waals surface area contributed by atoms with E-state index in [1.165, 1.54) is 14.2 Å².